The lowest BCUT2D eigenvalue weighted by Gasteiger charge is -2.25. The van der Waals surface area contributed by atoms with Crippen molar-refractivity contribution in [1.29, 1.82) is 0 Å². The average Bonchev–Trinajstić information content (AvgIpc) is 3.55. The molecule has 0 bridgehead atoms. The van der Waals surface area contributed by atoms with Crippen LogP contribution in [0.3, 0.4) is 0 Å². The molecule has 33 heavy (non-hydrogen) atoms. The van der Waals surface area contributed by atoms with Crippen LogP contribution in [-0.2, 0) is 16.0 Å². The number of aliphatic hydroxyl groups is 1. The molecule has 4 heterocycles. The van der Waals surface area contributed by atoms with Crippen LogP contribution in [0.15, 0.2) is 24.7 Å². The van der Waals surface area contributed by atoms with E-state index in [0.717, 1.165) is 68.3 Å². The Labute approximate surface area is 194 Å². The average molecular weight is 455 g/mol. The van der Waals surface area contributed by atoms with Gasteiger partial charge in [-0.3, -0.25) is 4.68 Å². The van der Waals surface area contributed by atoms with Crippen LogP contribution in [0.25, 0.3) is 16.6 Å². The van der Waals surface area contributed by atoms with Crippen LogP contribution in [-0.4, -0.2) is 68.1 Å². The molecule has 5 rings (SSSR count). The first-order valence-electron chi connectivity index (χ1n) is 12.1. The lowest BCUT2D eigenvalue weighted by Crippen LogP contribution is -2.23. The van der Waals surface area contributed by atoms with Gasteiger partial charge in [-0.05, 0) is 51.5 Å². The molecule has 3 aromatic heterocycles. The normalized spacial score (nSPS) is 24.4. The molecule has 2 N–H and O–H groups in total. The van der Waals surface area contributed by atoms with Crippen molar-refractivity contribution in [1.82, 2.24) is 24.4 Å². The Hall–Kier alpha value is -2.49. The van der Waals surface area contributed by atoms with E-state index in [0.29, 0.717) is 18.5 Å². The molecule has 9 heteroatoms. The van der Waals surface area contributed by atoms with Gasteiger partial charge in [-0.1, -0.05) is 0 Å². The van der Waals surface area contributed by atoms with Gasteiger partial charge in [0.25, 0.3) is 0 Å². The fourth-order valence-electron chi connectivity index (χ4n) is 5.09. The van der Waals surface area contributed by atoms with Crippen LogP contribution in [0.4, 0.5) is 5.95 Å². The Morgan fingerprint density at radius 3 is 2.85 bits per heavy atom. The van der Waals surface area contributed by atoms with Gasteiger partial charge in [0.1, 0.15) is 0 Å². The molecule has 3 aromatic rings. The van der Waals surface area contributed by atoms with Gasteiger partial charge in [-0.25, -0.2) is 9.50 Å². The zero-order valence-corrected chi connectivity index (χ0v) is 19.5. The summed E-state index contributed by atoms with van der Waals surface area (Å²) in [5.41, 5.74) is 4.29. The first kappa shape index (κ1) is 22.3. The van der Waals surface area contributed by atoms with E-state index in [9.17, 15) is 5.11 Å². The highest BCUT2D eigenvalue weighted by atomic mass is 16.5. The minimum Gasteiger partial charge on any atom is -0.393 e. The molecule has 0 spiro atoms. The summed E-state index contributed by atoms with van der Waals surface area (Å²) in [5.74, 6) is 0.941. The summed E-state index contributed by atoms with van der Waals surface area (Å²) in [5, 5.41) is 22.8. The predicted octanol–water partition coefficient (Wildman–Crippen LogP) is 3.24. The molecule has 0 aromatic carbocycles. The first-order chi connectivity index (χ1) is 16.1. The number of nitrogens with zero attached hydrogens (tertiary/aromatic N) is 5. The zero-order valence-electron chi connectivity index (χ0n) is 19.5. The van der Waals surface area contributed by atoms with Crippen LogP contribution in [0.5, 0.6) is 0 Å². The maximum atomic E-state index is 10.0. The summed E-state index contributed by atoms with van der Waals surface area (Å²) in [6.45, 7) is 4.25. The molecule has 9 nitrogen and oxygen atoms in total. The monoisotopic (exact) mass is 454 g/mol. The number of fused-ring (bicyclic) bond motifs is 1. The van der Waals surface area contributed by atoms with Gasteiger partial charge >= 0.3 is 0 Å². The Morgan fingerprint density at radius 2 is 2.09 bits per heavy atom. The number of aliphatic hydroxyl groups excluding tert-OH is 1. The molecule has 0 radical (unpaired) electrons. The summed E-state index contributed by atoms with van der Waals surface area (Å²) < 4.78 is 15.0. The third-order valence-corrected chi connectivity index (χ3v) is 6.81. The lowest BCUT2D eigenvalue weighted by molar-refractivity contribution is 0.0940. The number of ether oxygens (including phenoxy) is 2. The molecule has 2 fully saturated rings. The zero-order chi connectivity index (χ0) is 22.8. The Kier molecular flexibility index (Phi) is 6.62. The van der Waals surface area contributed by atoms with Crippen LogP contribution >= 0.6 is 0 Å². The van der Waals surface area contributed by atoms with E-state index >= 15 is 0 Å². The molecule has 2 atom stereocenters. The van der Waals surface area contributed by atoms with Crippen LogP contribution in [0.1, 0.15) is 57.1 Å². The van der Waals surface area contributed by atoms with Gasteiger partial charge in [-0.15, -0.1) is 5.10 Å². The Bertz CT molecular complexity index is 1070. The van der Waals surface area contributed by atoms with Crippen molar-refractivity contribution in [3.63, 3.8) is 0 Å². The first-order valence-corrected chi connectivity index (χ1v) is 12.1. The van der Waals surface area contributed by atoms with Crippen molar-refractivity contribution in [2.75, 3.05) is 25.6 Å². The number of hydrogen-bond donors (Lipinski definition) is 2. The van der Waals surface area contributed by atoms with Crippen molar-refractivity contribution in [2.45, 2.75) is 76.2 Å². The maximum Gasteiger partial charge on any atom is 0.241 e. The van der Waals surface area contributed by atoms with E-state index < -0.39 is 0 Å². The van der Waals surface area contributed by atoms with E-state index in [4.69, 9.17) is 14.6 Å². The van der Waals surface area contributed by atoms with Crippen molar-refractivity contribution >= 4 is 11.5 Å². The van der Waals surface area contributed by atoms with E-state index in [1.165, 1.54) is 5.69 Å². The largest absolute Gasteiger partial charge is 0.393 e. The highest BCUT2D eigenvalue weighted by Gasteiger charge is 2.26. The summed E-state index contributed by atoms with van der Waals surface area (Å²) in [6, 6.07) is 2.34. The molecule has 1 aliphatic carbocycles. The second-order valence-corrected chi connectivity index (χ2v) is 9.45. The molecule has 2 aliphatic rings. The molecule has 1 unspecified atom stereocenters. The van der Waals surface area contributed by atoms with E-state index in [1.807, 2.05) is 28.5 Å². The van der Waals surface area contributed by atoms with Gasteiger partial charge in [-0.2, -0.15) is 5.10 Å². The second-order valence-electron chi connectivity index (χ2n) is 9.45. The fraction of sp³-hybridized carbons (Fsp3) is 0.625. The topological polar surface area (TPSA) is 98.7 Å². The molecule has 0 amide bonds. The van der Waals surface area contributed by atoms with Gasteiger partial charge < -0.3 is 19.9 Å². The lowest BCUT2D eigenvalue weighted by atomic mass is 9.85. The minimum absolute atomic E-state index is 0.104. The third-order valence-electron chi connectivity index (χ3n) is 6.81. The van der Waals surface area contributed by atoms with Crippen LogP contribution < -0.4 is 5.32 Å². The van der Waals surface area contributed by atoms with Crippen molar-refractivity contribution in [2.24, 2.45) is 0 Å². The van der Waals surface area contributed by atoms with E-state index in [2.05, 4.69) is 27.7 Å². The minimum atomic E-state index is -0.190. The number of hydrogen-bond acceptors (Lipinski definition) is 7. The summed E-state index contributed by atoms with van der Waals surface area (Å²) in [7, 11) is 1.69. The third kappa shape index (κ3) is 4.90. The Balaban J connectivity index is 1.48. The van der Waals surface area contributed by atoms with E-state index in [-0.39, 0.29) is 18.2 Å². The predicted molar refractivity (Wildman–Crippen MR) is 125 cm³/mol. The van der Waals surface area contributed by atoms with Gasteiger partial charge in [0, 0.05) is 48.7 Å². The van der Waals surface area contributed by atoms with Gasteiger partial charge in [0.05, 0.1) is 43.3 Å². The van der Waals surface area contributed by atoms with Crippen molar-refractivity contribution in [3.8, 4) is 11.1 Å². The smallest absolute Gasteiger partial charge is 0.241 e. The summed E-state index contributed by atoms with van der Waals surface area (Å²) in [6.07, 6.45) is 11.7. The number of anilines is 1. The fourth-order valence-corrected chi connectivity index (χ4v) is 5.09. The second kappa shape index (κ2) is 9.79. The molecule has 1 saturated heterocycles. The quantitative estimate of drug-likeness (QED) is 0.539. The molecular weight excluding hydrogens is 420 g/mol. The number of aromatic nitrogens is 5. The highest BCUT2D eigenvalue weighted by molar-refractivity contribution is 5.81. The van der Waals surface area contributed by atoms with Crippen LogP contribution in [0.2, 0.25) is 0 Å². The van der Waals surface area contributed by atoms with Gasteiger partial charge in [0.15, 0.2) is 0 Å². The standard InChI is InChI=1S/C24H34N6O3/c1-16(15-32-2)27-24-25-12-23-21(18-11-26-29(13-18)14-20-4-3-9-33-20)10-22(30(23)28-24)17-5-7-19(31)8-6-17/h10-13,16-17,19-20,31H,3-9,14-15H2,1-2H3,(H,27,28)/t16-,17-,19-,20?/m0/s1. The van der Waals surface area contributed by atoms with Crippen molar-refractivity contribution < 1.29 is 14.6 Å². The van der Waals surface area contributed by atoms with Gasteiger partial charge in [0.2, 0.25) is 5.95 Å². The SMILES string of the molecule is COC[C@H](C)Nc1ncc2c(-c3cnn(CC4CCCO4)c3)cc([C@H]3CC[C@H](O)CC3)n2n1. The molecule has 1 aliphatic heterocycles. The summed E-state index contributed by atoms with van der Waals surface area (Å²) in [4.78, 5) is 4.59. The Morgan fingerprint density at radius 1 is 1.24 bits per heavy atom. The van der Waals surface area contributed by atoms with Crippen LogP contribution in [0, 0.1) is 0 Å². The number of nitrogens with one attached hydrogen (secondary N) is 1. The maximum absolute atomic E-state index is 10.0. The molecule has 1 saturated carbocycles. The molecular formula is C24H34N6O3. The number of methoxy groups -OCH3 is 1. The summed E-state index contributed by atoms with van der Waals surface area (Å²) >= 11 is 0. The van der Waals surface area contributed by atoms with Crippen molar-refractivity contribution in [3.05, 3.63) is 30.4 Å². The van der Waals surface area contributed by atoms with E-state index in [1.54, 1.807) is 7.11 Å². The highest BCUT2D eigenvalue weighted by Crippen LogP contribution is 2.37. The molecule has 178 valence electrons. The number of rotatable bonds is 8.